The first-order valence-corrected chi connectivity index (χ1v) is 12.1. The van der Waals surface area contributed by atoms with E-state index in [2.05, 4.69) is 24.0 Å². The molecule has 16 heteroatoms. The zero-order valence-corrected chi connectivity index (χ0v) is 17.6. The van der Waals surface area contributed by atoms with Crippen molar-refractivity contribution < 1.29 is 38.5 Å². The van der Waals surface area contributed by atoms with Crippen LogP contribution in [0, 0.1) is 18.3 Å². The maximum atomic E-state index is 11.8. The van der Waals surface area contributed by atoms with Crippen molar-refractivity contribution >= 4 is 43.2 Å². The number of rotatable bonds is 13. The Kier molecular flexibility index (Phi) is 9.85. The molecule has 13 nitrogen and oxygen atoms in total. The van der Waals surface area contributed by atoms with Crippen LogP contribution in [0.15, 0.2) is 6.07 Å². The first-order valence-electron chi connectivity index (χ1n) is 7.89. The van der Waals surface area contributed by atoms with Crippen LogP contribution in [-0.4, -0.2) is 72.9 Å². The van der Waals surface area contributed by atoms with Gasteiger partial charge >= 0.3 is 20.8 Å². The Balaban J connectivity index is 2.62. The maximum absolute atomic E-state index is 11.8. The fraction of sp³-hybridized carbons (Fsp3) is 0.538. The molecule has 4 N–H and O–H groups in total. The van der Waals surface area contributed by atoms with E-state index in [0.29, 0.717) is 11.4 Å². The average molecular weight is 473 g/mol. The Morgan fingerprint density at radius 1 is 1.10 bits per heavy atom. The highest BCUT2D eigenvalue weighted by molar-refractivity contribution is 7.85. The summed E-state index contributed by atoms with van der Waals surface area (Å²) in [4.78, 5) is 4.18. The molecule has 1 aromatic rings. The highest BCUT2D eigenvalue weighted by atomic mass is 32.3. The van der Waals surface area contributed by atoms with Crippen molar-refractivity contribution in [3.05, 3.63) is 17.2 Å². The predicted octanol–water partition coefficient (Wildman–Crippen LogP) is -0.527. The van der Waals surface area contributed by atoms with E-state index in [4.69, 9.17) is 9.11 Å². The van der Waals surface area contributed by atoms with Crippen molar-refractivity contribution in [2.24, 2.45) is 0 Å². The molecular formula is C13H20N4O9S3. The number of anilines is 2. The van der Waals surface area contributed by atoms with Gasteiger partial charge in [-0.1, -0.05) is 0 Å². The highest BCUT2D eigenvalue weighted by Crippen LogP contribution is 2.20. The number of hydrogen-bond acceptors (Lipinski definition) is 11. The molecule has 1 aromatic heterocycles. The van der Waals surface area contributed by atoms with Crippen LogP contribution in [0.2, 0.25) is 0 Å². The maximum Gasteiger partial charge on any atom is 0.397 e. The van der Waals surface area contributed by atoms with Crippen molar-refractivity contribution in [1.82, 2.24) is 4.98 Å². The molecule has 164 valence electrons. The van der Waals surface area contributed by atoms with E-state index in [-0.39, 0.29) is 42.6 Å². The van der Waals surface area contributed by atoms with E-state index in [1.54, 1.807) is 13.0 Å². The van der Waals surface area contributed by atoms with E-state index in [1.165, 1.54) is 0 Å². The minimum atomic E-state index is -4.58. The van der Waals surface area contributed by atoms with Gasteiger partial charge in [-0.15, -0.1) is 0 Å². The molecule has 1 rings (SSSR count). The van der Waals surface area contributed by atoms with E-state index in [1.807, 2.05) is 6.07 Å². The molecule has 0 spiro atoms. The summed E-state index contributed by atoms with van der Waals surface area (Å²) in [5.41, 5.74) is 0.830. The normalized spacial score (nSPS) is 12.9. The first kappa shape index (κ1) is 25.2. The molecule has 0 radical (unpaired) electrons. The van der Waals surface area contributed by atoms with E-state index >= 15 is 0 Å². The number of nitriles is 1. The van der Waals surface area contributed by atoms with Gasteiger partial charge in [-0.2, -0.15) is 22.1 Å². The van der Waals surface area contributed by atoms with Gasteiger partial charge in [0.1, 0.15) is 17.7 Å². The summed E-state index contributed by atoms with van der Waals surface area (Å²) in [6, 6.07) is 3.54. The average Bonchev–Trinajstić information content (AvgIpc) is 2.56. The molecule has 0 saturated carbocycles. The standard InChI is InChI=1S/C13H20N4O9S3/c1-10-8-12(15-2-4-25-28(19,20)21)17-13(11(10)9-14)16-3-6-27(18)7-5-26-29(22,23)24/h8H,2-7H2,1H3,(H2,15,16,17)(H,19,20,21)(H,22,23,24). The molecule has 0 aliphatic carbocycles. The van der Waals surface area contributed by atoms with Crippen molar-refractivity contribution in [2.75, 3.05) is 48.4 Å². The van der Waals surface area contributed by atoms with Gasteiger partial charge in [0.05, 0.1) is 18.8 Å². The molecule has 0 aromatic carbocycles. The number of hydrogen-bond donors (Lipinski definition) is 4. The fourth-order valence-corrected chi connectivity index (χ4v) is 3.47. The van der Waals surface area contributed by atoms with Crippen LogP contribution in [0.1, 0.15) is 11.1 Å². The number of aromatic nitrogens is 1. The summed E-state index contributed by atoms with van der Waals surface area (Å²) < 4.78 is 78.8. The van der Waals surface area contributed by atoms with E-state index in [0.717, 1.165) is 0 Å². The number of pyridine rings is 1. The predicted molar refractivity (Wildman–Crippen MR) is 104 cm³/mol. The lowest BCUT2D eigenvalue weighted by Gasteiger charge is -2.12. The number of nitrogens with one attached hydrogen (secondary N) is 2. The zero-order chi connectivity index (χ0) is 22.1. The SMILES string of the molecule is Cc1cc(NCCOS(=O)(=O)O)nc(NCCS(=O)CCOS(=O)(=O)O)c1C#N. The largest absolute Gasteiger partial charge is 0.397 e. The van der Waals surface area contributed by atoms with Crippen LogP contribution in [0.3, 0.4) is 0 Å². The summed E-state index contributed by atoms with van der Waals surface area (Å²) in [6.45, 7) is 1.05. The van der Waals surface area contributed by atoms with Crippen LogP contribution >= 0.6 is 0 Å². The number of nitrogens with zero attached hydrogens (tertiary/aromatic N) is 2. The Morgan fingerprint density at radius 3 is 2.31 bits per heavy atom. The summed E-state index contributed by atoms with van der Waals surface area (Å²) in [5.74, 6) is 0.497. The second-order valence-corrected chi connectivity index (χ2v) is 9.24. The third-order valence-corrected chi connectivity index (χ3v) is 5.34. The van der Waals surface area contributed by atoms with Gasteiger partial charge in [-0.3, -0.25) is 13.3 Å². The molecule has 0 amide bonds. The monoisotopic (exact) mass is 472 g/mol. The van der Waals surface area contributed by atoms with Crippen LogP contribution in [0.5, 0.6) is 0 Å². The smallest absolute Gasteiger partial charge is 0.368 e. The van der Waals surface area contributed by atoms with Crippen molar-refractivity contribution in [2.45, 2.75) is 6.92 Å². The van der Waals surface area contributed by atoms with Gasteiger partial charge in [0.15, 0.2) is 0 Å². The minimum absolute atomic E-state index is 0.00928. The summed E-state index contributed by atoms with van der Waals surface area (Å²) in [7, 11) is -10.6. The van der Waals surface area contributed by atoms with E-state index < -0.39 is 38.2 Å². The molecule has 0 saturated heterocycles. The molecule has 0 fully saturated rings. The van der Waals surface area contributed by atoms with Gasteiger partial charge in [0.25, 0.3) is 0 Å². The molecule has 1 unspecified atom stereocenters. The Labute approximate surface area is 170 Å². The second-order valence-electron chi connectivity index (χ2n) is 5.36. The summed E-state index contributed by atoms with van der Waals surface area (Å²) in [6.07, 6.45) is 0. The number of aryl methyl sites for hydroxylation is 1. The van der Waals surface area contributed by atoms with Crippen molar-refractivity contribution in [3.8, 4) is 6.07 Å². The topological polar surface area (TPSA) is 205 Å². The van der Waals surface area contributed by atoms with Gasteiger partial charge in [0, 0.05) is 35.4 Å². The lowest BCUT2D eigenvalue weighted by molar-refractivity contribution is 0.278. The summed E-state index contributed by atoms with van der Waals surface area (Å²) >= 11 is 0. The van der Waals surface area contributed by atoms with Gasteiger partial charge in [-0.25, -0.2) is 13.4 Å². The van der Waals surface area contributed by atoms with Gasteiger partial charge in [-0.05, 0) is 18.6 Å². The third-order valence-electron chi connectivity index (χ3n) is 3.13. The van der Waals surface area contributed by atoms with Crippen molar-refractivity contribution in [1.29, 1.82) is 5.26 Å². The van der Waals surface area contributed by atoms with Crippen LogP contribution in [0.25, 0.3) is 0 Å². The molecule has 0 bridgehead atoms. The van der Waals surface area contributed by atoms with Gasteiger partial charge < -0.3 is 10.6 Å². The van der Waals surface area contributed by atoms with Crippen LogP contribution in [-0.2, 0) is 40.0 Å². The van der Waals surface area contributed by atoms with Crippen LogP contribution in [0.4, 0.5) is 11.6 Å². The van der Waals surface area contributed by atoms with Gasteiger partial charge in [0.2, 0.25) is 0 Å². The quantitative estimate of drug-likeness (QED) is 0.211. The Morgan fingerprint density at radius 2 is 1.72 bits per heavy atom. The Bertz CT molecular complexity index is 974. The minimum Gasteiger partial charge on any atom is -0.368 e. The van der Waals surface area contributed by atoms with E-state index in [9.17, 15) is 26.3 Å². The fourth-order valence-electron chi connectivity index (χ4n) is 1.98. The Hall–Kier alpha value is -1.87. The molecule has 0 aliphatic rings. The second kappa shape index (κ2) is 11.3. The third kappa shape index (κ3) is 11.0. The molecule has 1 heterocycles. The first-order chi connectivity index (χ1) is 13.4. The highest BCUT2D eigenvalue weighted by Gasteiger charge is 2.11. The van der Waals surface area contributed by atoms with Crippen LogP contribution < -0.4 is 10.6 Å². The summed E-state index contributed by atoms with van der Waals surface area (Å²) in [5, 5.41) is 14.9. The van der Waals surface area contributed by atoms with Crippen molar-refractivity contribution in [3.63, 3.8) is 0 Å². The molecule has 0 aliphatic heterocycles. The lowest BCUT2D eigenvalue weighted by Crippen LogP contribution is -2.19. The zero-order valence-electron chi connectivity index (χ0n) is 15.2. The molecule has 29 heavy (non-hydrogen) atoms. The molecular weight excluding hydrogens is 452 g/mol. The lowest BCUT2D eigenvalue weighted by atomic mass is 10.1. The molecule has 1 atom stereocenters.